The summed E-state index contributed by atoms with van der Waals surface area (Å²) < 4.78 is 0. The maximum absolute atomic E-state index is 10.4. The molecule has 0 unspecified atom stereocenters. The van der Waals surface area contributed by atoms with Crippen molar-refractivity contribution in [2.45, 2.75) is 28.2 Å². The third-order valence-corrected chi connectivity index (χ3v) is 1.22. The van der Waals surface area contributed by atoms with E-state index in [2.05, 4.69) is 0 Å². The molecule has 0 saturated heterocycles. The summed E-state index contributed by atoms with van der Waals surface area (Å²) >= 11 is 0. The molecule has 0 fully saturated rings. The van der Waals surface area contributed by atoms with Gasteiger partial charge in [0.2, 0.25) is 0 Å². The van der Waals surface area contributed by atoms with E-state index in [4.69, 9.17) is 0 Å². The highest BCUT2D eigenvalue weighted by atomic mass is 16.1. The van der Waals surface area contributed by atoms with Crippen molar-refractivity contribution in [3.63, 3.8) is 0 Å². The van der Waals surface area contributed by atoms with E-state index in [-0.39, 0.29) is 19.0 Å². The zero-order chi connectivity index (χ0) is 6.73. The zero-order valence-corrected chi connectivity index (χ0v) is 5.39. The van der Waals surface area contributed by atoms with Gasteiger partial charge in [-0.2, -0.15) is 0 Å². The Labute approximate surface area is 56.3 Å². The lowest BCUT2D eigenvalue weighted by atomic mass is 10.0. The summed E-state index contributed by atoms with van der Waals surface area (Å²) in [5.74, 6) is -0.523. The second-order valence-corrected chi connectivity index (χ2v) is 1.94. The minimum atomic E-state index is -0.407. The molecule has 0 aliphatic rings. The fourth-order valence-electron chi connectivity index (χ4n) is 0.286. The van der Waals surface area contributed by atoms with Crippen LogP contribution in [-0.2, 0) is 9.59 Å². The van der Waals surface area contributed by atoms with Crippen LogP contribution in [0.15, 0.2) is 0 Å². The zero-order valence-electron chi connectivity index (χ0n) is 5.39. The van der Waals surface area contributed by atoms with Gasteiger partial charge in [0.25, 0.3) is 0 Å². The van der Waals surface area contributed by atoms with Gasteiger partial charge in [-0.25, -0.2) is 0 Å². The summed E-state index contributed by atoms with van der Waals surface area (Å²) in [6, 6.07) is 0. The molecule has 0 atom stereocenters. The molecule has 2 nitrogen and oxygen atoms in total. The molecule has 0 aromatic rings. The SMILES string of the molecule is C.CC(=O)C(C)C(C)=O. The Kier molecular flexibility index (Phi) is 5.27. The van der Waals surface area contributed by atoms with Crippen molar-refractivity contribution < 1.29 is 9.59 Å². The summed E-state index contributed by atoms with van der Waals surface area (Å²) in [6.45, 7) is 4.46. The second-order valence-electron chi connectivity index (χ2n) is 1.94. The van der Waals surface area contributed by atoms with Crippen molar-refractivity contribution in [3.8, 4) is 0 Å². The Bertz CT molecular complexity index is 102. The quantitative estimate of drug-likeness (QED) is 0.530. The highest BCUT2D eigenvalue weighted by Crippen LogP contribution is 1.95. The summed E-state index contributed by atoms with van der Waals surface area (Å²) in [5.41, 5.74) is 0. The van der Waals surface area contributed by atoms with Gasteiger partial charge in [-0.05, 0) is 20.8 Å². The molecule has 0 aliphatic heterocycles. The van der Waals surface area contributed by atoms with Crippen LogP contribution in [0.25, 0.3) is 0 Å². The van der Waals surface area contributed by atoms with E-state index < -0.39 is 5.92 Å². The van der Waals surface area contributed by atoms with Crippen LogP contribution >= 0.6 is 0 Å². The lowest BCUT2D eigenvalue weighted by molar-refractivity contribution is -0.129. The van der Waals surface area contributed by atoms with E-state index in [1.807, 2.05) is 0 Å². The van der Waals surface area contributed by atoms with Crippen molar-refractivity contribution >= 4 is 11.6 Å². The molecule has 0 radical (unpaired) electrons. The van der Waals surface area contributed by atoms with Gasteiger partial charge in [-0.3, -0.25) is 9.59 Å². The van der Waals surface area contributed by atoms with Crippen LogP contribution in [0.1, 0.15) is 28.2 Å². The summed E-state index contributed by atoms with van der Waals surface area (Å²) in [6.07, 6.45) is 0. The predicted molar refractivity (Wildman–Crippen MR) is 37.3 cm³/mol. The third-order valence-electron chi connectivity index (χ3n) is 1.22. The summed E-state index contributed by atoms with van der Waals surface area (Å²) in [5, 5.41) is 0. The summed E-state index contributed by atoms with van der Waals surface area (Å²) in [4.78, 5) is 20.7. The smallest absolute Gasteiger partial charge is 0.139 e. The van der Waals surface area contributed by atoms with Crippen molar-refractivity contribution in [1.82, 2.24) is 0 Å². The van der Waals surface area contributed by atoms with Gasteiger partial charge in [0.1, 0.15) is 11.6 Å². The van der Waals surface area contributed by atoms with Crippen LogP contribution in [-0.4, -0.2) is 11.6 Å². The molecule has 54 valence electrons. The first-order valence-electron chi connectivity index (χ1n) is 2.56. The van der Waals surface area contributed by atoms with Crippen molar-refractivity contribution in [1.29, 1.82) is 0 Å². The van der Waals surface area contributed by atoms with Crippen LogP contribution in [0.2, 0.25) is 0 Å². The van der Waals surface area contributed by atoms with Gasteiger partial charge >= 0.3 is 0 Å². The number of carbonyl (C=O) groups is 2. The predicted octanol–water partition coefficient (Wildman–Crippen LogP) is 1.44. The summed E-state index contributed by atoms with van der Waals surface area (Å²) in [7, 11) is 0. The highest BCUT2D eigenvalue weighted by molar-refractivity contribution is 5.99. The van der Waals surface area contributed by atoms with E-state index in [0.717, 1.165) is 0 Å². The number of rotatable bonds is 2. The van der Waals surface area contributed by atoms with Gasteiger partial charge in [0, 0.05) is 0 Å². The molecule has 0 saturated carbocycles. The highest BCUT2D eigenvalue weighted by Gasteiger charge is 2.10. The molecule has 0 heterocycles. The largest absolute Gasteiger partial charge is 0.299 e. The van der Waals surface area contributed by atoms with Crippen LogP contribution in [0, 0.1) is 5.92 Å². The van der Waals surface area contributed by atoms with Crippen LogP contribution in [0.5, 0.6) is 0 Å². The van der Waals surface area contributed by atoms with E-state index in [9.17, 15) is 9.59 Å². The third kappa shape index (κ3) is 3.88. The number of ketones is 2. The monoisotopic (exact) mass is 130 g/mol. The van der Waals surface area contributed by atoms with Crippen LogP contribution in [0.3, 0.4) is 0 Å². The number of hydrogen-bond donors (Lipinski definition) is 0. The van der Waals surface area contributed by atoms with Crippen molar-refractivity contribution in [2.75, 3.05) is 0 Å². The molecule has 0 aromatic carbocycles. The Morgan fingerprint density at radius 3 is 1.33 bits per heavy atom. The van der Waals surface area contributed by atoms with Gasteiger partial charge in [-0.15, -0.1) is 0 Å². The van der Waals surface area contributed by atoms with Gasteiger partial charge in [0.05, 0.1) is 5.92 Å². The minimum Gasteiger partial charge on any atom is -0.299 e. The van der Waals surface area contributed by atoms with E-state index in [0.29, 0.717) is 0 Å². The molecule has 0 spiro atoms. The fourth-order valence-corrected chi connectivity index (χ4v) is 0.286. The van der Waals surface area contributed by atoms with Gasteiger partial charge in [-0.1, -0.05) is 7.43 Å². The van der Waals surface area contributed by atoms with Crippen LogP contribution in [0.4, 0.5) is 0 Å². The number of Topliss-reactive ketones (excluding diaryl/α,β-unsaturated/α-hetero) is 2. The van der Waals surface area contributed by atoms with E-state index >= 15 is 0 Å². The Balaban J connectivity index is 0. The lowest BCUT2D eigenvalue weighted by Crippen LogP contribution is -2.14. The molecular weight excluding hydrogens is 116 g/mol. The first kappa shape index (κ1) is 11.2. The molecule has 9 heavy (non-hydrogen) atoms. The van der Waals surface area contributed by atoms with Gasteiger partial charge in [0.15, 0.2) is 0 Å². The van der Waals surface area contributed by atoms with Crippen molar-refractivity contribution in [3.05, 3.63) is 0 Å². The molecule has 0 amide bonds. The molecule has 0 bridgehead atoms. The van der Waals surface area contributed by atoms with E-state index in [1.54, 1.807) is 6.92 Å². The molecule has 0 aliphatic carbocycles. The maximum Gasteiger partial charge on any atom is 0.139 e. The second kappa shape index (κ2) is 4.24. The molecule has 0 N–H and O–H groups in total. The molecule has 2 heteroatoms. The molecule has 0 aromatic heterocycles. The van der Waals surface area contributed by atoms with Crippen LogP contribution < -0.4 is 0 Å². The Morgan fingerprint density at radius 2 is 1.33 bits per heavy atom. The fraction of sp³-hybridized carbons (Fsp3) is 0.714. The Morgan fingerprint density at radius 1 is 1.11 bits per heavy atom. The van der Waals surface area contributed by atoms with Gasteiger partial charge < -0.3 is 0 Å². The lowest BCUT2D eigenvalue weighted by Gasteiger charge is -1.97. The standard InChI is InChI=1S/C6H10O2.CH4/c1-4(5(2)7)6(3)8;/h4H,1-3H3;1H4. The topological polar surface area (TPSA) is 34.1 Å². The molecule has 0 rings (SSSR count). The first-order valence-corrected chi connectivity index (χ1v) is 2.56. The Hall–Kier alpha value is -0.660. The normalized spacial score (nSPS) is 8.44. The number of carbonyl (C=O) groups excluding carboxylic acids is 2. The first-order chi connectivity index (χ1) is 3.55. The average Bonchev–Trinajstić information content (AvgIpc) is 1.64. The van der Waals surface area contributed by atoms with E-state index in [1.165, 1.54) is 13.8 Å². The molecular formula is C7H14O2. The maximum atomic E-state index is 10.4. The number of hydrogen-bond acceptors (Lipinski definition) is 2. The van der Waals surface area contributed by atoms with Crippen molar-refractivity contribution in [2.24, 2.45) is 5.92 Å². The minimum absolute atomic E-state index is 0. The average molecular weight is 130 g/mol.